The Kier molecular flexibility index (Phi) is 4.22. The first-order valence-electron chi connectivity index (χ1n) is 7.83. The maximum absolute atomic E-state index is 11.9. The summed E-state index contributed by atoms with van der Waals surface area (Å²) in [5.41, 5.74) is 0.317. The van der Waals surface area contributed by atoms with Crippen molar-refractivity contribution in [3.05, 3.63) is 12.2 Å². The largest absolute Gasteiger partial charge is 0.462 e. The number of rotatable bonds is 6. The van der Waals surface area contributed by atoms with Crippen LogP contribution in [0, 0.1) is 11.8 Å². The van der Waals surface area contributed by atoms with Crippen molar-refractivity contribution in [1.29, 1.82) is 0 Å². The quantitative estimate of drug-likeness (QED) is 0.428. The van der Waals surface area contributed by atoms with Gasteiger partial charge in [-0.3, -0.25) is 4.79 Å². The highest BCUT2D eigenvalue weighted by molar-refractivity contribution is 7.90. The van der Waals surface area contributed by atoms with Gasteiger partial charge in [-0.1, -0.05) is 6.58 Å². The fraction of sp³-hybridized carbons (Fsp3) is 0.733. The Morgan fingerprint density at radius 2 is 2.04 bits per heavy atom. The van der Waals surface area contributed by atoms with Gasteiger partial charge in [0.1, 0.15) is 6.10 Å². The fourth-order valence-corrected chi connectivity index (χ4v) is 6.03. The molecule has 2 saturated carbocycles. The molecule has 0 aromatic rings. The number of sulfonamides is 1. The number of hydrogen-bond donors (Lipinski definition) is 1. The van der Waals surface area contributed by atoms with Crippen LogP contribution >= 0.6 is 0 Å². The number of hydrogen-bond acceptors (Lipinski definition) is 6. The van der Waals surface area contributed by atoms with E-state index in [0.717, 1.165) is 6.42 Å². The summed E-state index contributed by atoms with van der Waals surface area (Å²) < 4.78 is 36.9. The van der Waals surface area contributed by atoms with Gasteiger partial charge < -0.3 is 9.47 Å². The molecule has 0 spiro atoms. The number of ether oxygens (including phenoxy) is 2. The van der Waals surface area contributed by atoms with Gasteiger partial charge in [-0.05, 0) is 38.0 Å². The van der Waals surface area contributed by atoms with Gasteiger partial charge >= 0.3 is 11.9 Å². The van der Waals surface area contributed by atoms with Crippen molar-refractivity contribution in [3.63, 3.8) is 0 Å². The molecule has 1 heterocycles. The molecule has 5 atom stereocenters. The van der Waals surface area contributed by atoms with Gasteiger partial charge in [0.2, 0.25) is 10.0 Å². The molecular weight excluding hydrogens is 322 g/mol. The SMILES string of the molecule is C=C(C)C(=O)OCCCC(=O)OC1C2CC3C1NS(=O)(=O)C3C2. The van der Waals surface area contributed by atoms with E-state index in [2.05, 4.69) is 11.3 Å². The third-order valence-corrected chi connectivity index (χ3v) is 6.88. The second-order valence-electron chi connectivity index (χ2n) is 6.60. The van der Waals surface area contributed by atoms with Gasteiger partial charge in [0.25, 0.3) is 0 Å². The van der Waals surface area contributed by atoms with Crippen LogP contribution in [0.4, 0.5) is 0 Å². The highest BCUT2D eigenvalue weighted by Crippen LogP contribution is 2.52. The topological polar surface area (TPSA) is 98.8 Å². The van der Waals surface area contributed by atoms with Crippen molar-refractivity contribution in [2.45, 2.75) is 50.0 Å². The lowest BCUT2D eigenvalue weighted by molar-refractivity contribution is -0.153. The van der Waals surface area contributed by atoms with Gasteiger partial charge in [-0.15, -0.1) is 0 Å². The van der Waals surface area contributed by atoms with E-state index < -0.39 is 16.0 Å². The number of fused-ring (bicyclic) bond motifs is 1. The van der Waals surface area contributed by atoms with Crippen LogP contribution < -0.4 is 4.72 Å². The molecule has 1 saturated heterocycles. The van der Waals surface area contributed by atoms with Gasteiger partial charge in [-0.25, -0.2) is 17.9 Å². The molecule has 0 radical (unpaired) electrons. The maximum atomic E-state index is 11.9. The van der Waals surface area contributed by atoms with Crippen LogP contribution in [0.1, 0.15) is 32.6 Å². The Morgan fingerprint density at radius 1 is 1.30 bits per heavy atom. The highest BCUT2D eigenvalue weighted by Gasteiger charge is 2.63. The van der Waals surface area contributed by atoms with Crippen molar-refractivity contribution < 1.29 is 27.5 Å². The summed E-state index contributed by atoms with van der Waals surface area (Å²) in [6.45, 7) is 5.16. The summed E-state index contributed by atoms with van der Waals surface area (Å²) in [5, 5.41) is -0.311. The fourth-order valence-electron chi connectivity index (χ4n) is 3.93. The molecule has 2 aliphatic carbocycles. The lowest BCUT2D eigenvalue weighted by Crippen LogP contribution is -2.41. The predicted molar refractivity (Wildman–Crippen MR) is 80.7 cm³/mol. The second kappa shape index (κ2) is 5.90. The van der Waals surface area contributed by atoms with Crippen molar-refractivity contribution in [3.8, 4) is 0 Å². The second-order valence-corrected chi connectivity index (χ2v) is 8.53. The van der Waals surface area contributed by atoms with Crippen LogP contribution in [0.3, 0.4) is 0 Å². The van der Waals surface area contributed by atoms with Crippen LogP contribution in [0.2, 0.25) is 0 Å². The highest BCUT2D eigenvalue weighted by atomic mass is 32.2. The Bertz CT molecular complexity index is 642. The maximum Gasteiger partial charge on any atom is 0.333 e. The zero-order valence-electron chi connectivity index (χ0n) is 13.0. The number of carbonyl (C=O) groups is 2. The lowest BCUT2D eigenvalue weighted by atomic mass is 9.93. The van der Waals surface area contributed by atoms with E-state index in [1.807, 2.05) is 0 Å². The van der Waals surface area contributed by atoms with E-state index >= 15 is 0 Å². The number of carbonyl (C=O) groups excluding carboxylic acids is 2. The molecule has 2 bridgehead atoms. The molecule has 7 nitrogen and oxygen atoms in total. The molecule has 0 aromatic heterocycles. The first kappa shape index (κ1) is 16.4. The van der Waals surface area contributed by atoms with E-state index in [1.165, 1.54) is 0 Å². The molecular formula is C15H21NO6S. The summed E-state index contributed by atoms with van der Waals surface area (Å²) in [6, 6.07) is -0.269. The van der Waals surface area contributed by atoms with Gasteiger partial charge in [-0.2, -0.15) is 0 Å². The standard InChI is InChI=1S/C15H21NO6S/c1-8(2)15(18)21-5-3-4-12(17)22-14-9-6-10-11(7-9)23(19,20)16-13(10)14/h9-11,13-14,16H,1,3-7H2,2H3. The number of nitrogens with one attached hydrogen (secondary N) is 1. The van der Waals surface area contributed by atoms with Gasteiger partial charge in [0.05, 0.1) is 17.9 Å². The molecule has 0 amide bonds. The van der Waals surface area contributed by atoms with Crippen molar-refractivity contribution in [2.24, 2.45) is 11.8 Å². The van der Waals surface area contributed by atoms with E-state index in [0.29, 0.717) is 18.4 Å². The van der Waals surface area contributed by atoms with E-state index in [9.17, 15) is 18.0 Å². The first-order chi connectivity index (χ1) is 10.8. The minimum absolute atomic E-state index is 0.0688. The summed E-state index contributed by atoms with van der Waals surface area (Å²) in [7, 11) is -3.25. The van der Waals surface area contributed by atoms with Crippen molar-refractivity contribution in [1.82, 2.24) is 4.72 Å². The van der Waals surface area contributed by atoms with Crippen molar-refractivity contribution in [2.75, 3.05) is 6.61 Å². The molecule has 1 aliphatic heterocycles. The zero-order valence-corrected chi connectivity index (χ0v) is 13.8. The van der Waals surface area contributed by atoms with Gasteiger partial charge in [0, 0.05) is 12.0 Å². The minimum Gasteiger partial charge on any atom is -0.462 e. The summed E-state index contributed by atoms with van der Waals surface area (Å²) in [5.74, 6) is -0.654. The first-order valence-corrected chi connectivity index (χ1v) is 9.37. The lowest BCUT2D eigenvalue weighted by Gasteiger charge is -2.26. The molecule has 23 heavy (non-hydrogen) atoms. The normalized spacial score (nSPS) is 36.0. The molecule has 3 rings (SSSR count). The molecule has 8 heteroatoms. The summed E-state index contributed by atoms with van der Waals surface area (Å²) in [6.07, 6.45) is 1.53. The van der Waals surface area contributed by atoms with Crippen molar-refractivity contribution >= 4 is 22.0 Å². The Labute approximate surface area is 135 Å². The predicted octanol–water partition coefficient (Wildman–Crippen LogP) is 0.508. The zero-order chi connectivity index (χ0) is 16.8. The average molecular weight is 343 g/mol. The van der Waals surface area contributed by atoms with Crippen LogP contribution in [-0.4, -0.2) is 44.4 Å². The molecule has 5 unspecified atom stereocenters. The van der Waals surface area contributed by atoms with E-state index in [1.54, 1.807) is 6.92 Å². The van der Waals surface area contributed by atoms with Crippen LogP contribution in [-0.2, 0) is 29.1 Å². The Balaban J connectivity index is 1.45. The smallest absolute Gasteiger partial charge is 0.333 e. The number of esters is 2. The van der Waals surface area contributed by atoms with Gasteiger partial charge in [0.15, 0.2) is 0 Å². The van der Waals surface area contributed by atoms with Crippen LogP contribution in [0.25, 0.3) is 0 Å². The van der Waals surface area contributed by atoms with Crippen LogP contribution in [0.5, 0.6) is 0 Å². The Morgan fingerprint density at radius 3 is 2.74 bits per heavy atom. The molecule has 0 aromatic carbocycles. The summed E-state index contributed by atoms with van der Waals surface area (Å²) in [4.78, 5) is 23.1. The monoisotopic (exact) mass is 343 g/mol. The minimum atomic E-state index is -3.25. The third-order valence-electron chi connectivity index (χ3n) is 4.94. The molecule has 128 valence electrons. The summed E-state index contributed by atoms with van der Waals surface area (Å²) >= 11 is 0. The third kappa shape index (κ3) is 3.01. The molecule has 3 fully saturated rings. The molecule has 3 aliphatic rings. The van der Waals surface area contributed by atoms with Crippen LogP contribution in [0.15, 0.2) is 12.2 Å². The molecule has 1 N–H and O–H groups in total. The Hall–Kier alpha value is -1.41. The van der Waals surface area contributed by atoms with E-state index in [4.69, 9.17) is 9.47 Å². The van der Waals surface area contributed by atoms with E-state index in [-0.39, 0.29) is 48.2 Å². The average Bonchev–Trinajstić information content (AvgIpc) is 3.07.